The molecule has 0 aliphatic carbocycles. The smallest absolute Gasteiger partial charge is 0.244 e. The van der Waals surface area contributed by atoms with Crippen LogP contribution in [0.2, 0.25) is 0 Å². The molecule has 0 bridgehead atoms. The molecule has 1 amide bonds. The van der Waals surface area contributed by atoms with Crippen molar-refractivity contribution >= 4 is 32.5 Å². The number of nitrogens with one attached hydrogen (secondary N) is 1. The van der Waals surface area contributed by atoms with Gasteiger partial charge in [0.25, 0.3) is 0 Å². The number of methoxy groups -OCH3 is 1. The van der Waals surface area contributed by atoms with Crippen molar-refractivity contribution in [3.63, 3.8) is 0 Å². The number of nitrogens with zero attached hydrogens (tertiary/aromatic N) is 2. The lowest BCUT2D eigenvalue weighted by Gasteiger charge is -2.14. The van der Waals surface area contributed by atoms with Gasteiger partial charge >= 0.3 is 0 Å². The molecule has 1 N–H and O–H groups in total. The molecule has 35 heavy (non-hydrogen) atoms. The summed E-state index contributed by atoms with van der Waals surface area (Å²) in [5, 5.41) is 2.64. The minimum Gasteiger partial charge on any atom is -0.497 e. The molecule has 0 atom stereocenters. The largest absolute Gasteiger partial charge is 0.497 e. The number of halogens is 1. The van der Waals surface area contributed by atoms with Crippen LogP contribution in [0.5, 0.6) is 5.75 Å². The lowest BCUT2D eigenvalue weighted by molar-refractivity contribution is -0.116. The molecule has 0 saturated carbocycles. The Morgan fingerprint density at radius 1 is 1.09 bits per heavy atom. The number of carbonyl (C=O) groups excluding carboxylic acids is 1. The quantitative estimate of drug-likeness (QED) is 0.438. The molecule has 0 radical (unpaired) electrons. The summed E-state index contributed by atoms with van der Waals surface area (Å²) in [5.74, 6) is -0.556. The average molecular weight is 496 g/mol. The third kappa shape index (κ3) is 4.78. The normalized spacial score (nSPS) is 11.4. The van der Waals surface area contributed by atoms with Crippen molar-refractivity contribution in [1.82, 2.24) is 9.55 Å². The van der Waals surface area contributed by atoms with Gasteiger partial charge in [-0.2, -0.15) is 0 Å². The molecule has 180 valence electrons. The molecule has 0 aliphatic heterocycles. The van der Waals surface area contributed by atoms with Crippen molar-refractivity contribution in [2.45, 2.75) is 30.2 Å². The predicted molar refractivity (Wildman–Crippen MR) is 129 cm³/mol. The van der Waals surface area contributed by atoms with Crippen LogP contribution < -0.4 is 15.5 Å². The van der Waals surface area contributed by atoms with Crippen LogP contribution in [0.1, 0.15) is 11.3 Å². The van der Waals surface area contributed by atoms with E-state index >= 15 is 0 Å². The molecule has 0 spiro atoms. The molecule has 4 rings (SSSR count). The molecular weight excluding hydrogens is 473 g/mol. The number of aryl methyl sites for hydroxylation is 2. The van der Waals surface area contributed by atoms with Crippen LogP contribution >= 0.6 is 0 Å². The zero-order chi connectivity index (χ0) is 25.3. The van der Waals surface area contributed by atoms with Gasteiger partial charge in [-0.15, -0.1) is 0 Å². The van der Waals surface area contributed by atoms with Crippen LogP contribution in [0.4, 0.5) is 10.1 Å². The summed E-state index contributed by atoms with van der Waals surface area (Å²) in [7, 11) is -2.77. The monoisotopic (exact) mass is 495 g/mol. The molecule has 2 aromatic carbocycles. The first kappa shape index (κ1) is 24.1. The topological polar surface area (TPSA) is 107 Å². The third-order valence-electron chi connectivity index (χ3n) is 5.46. The van der Waals surface area contributed by atoms with Gasteiger partial charge in [0.2, 0.25) is 21.2 Å². The van der Waals surface area contributed by atoms with Crippen molar-refractivity contribution in [3.05, 3.63) is 88.1 Å². The second-order valence-corrected chi connectivity index (χ2v) is 9.88. The maximum atomic E-state index is 13.9. The Morgan fingerprint density at radius 3 is 2.46 bits per heavy atom. The second kappa shape index (κ2) is 9.30. The van der Waals surface area contributed by atoms with E-state index in [4.69, 9.17) is 4.74 Å². The fourth-order valence-corrected chi connectivity index (χ4v) is 4.92. The van der Waals surface area contributed by atoms with Gasteiger partial charge in [-0.1, -0.05) is 6.07 Å². The fraction of sp³-hybridized carbons (Fsp3) is 0.160. The molecule has 0 saturated heterocycles. The molecule has 2 heterocycles. The SMILES string of the molecule is COc1ccc(S(=O)(=O)c2cn(CC(=O)Nc3ccc(C)c(F)c3)c3nc(C)ccc3c2=O)cc1. The van der Waals surface area contributed by atoms with Crippen molar-refractivity contribution < 1.29 is 22.3 Å². The summed E-state index contributed by atoms with van der Waals surface area (Å²) in [6, 6.07) is 13.0. The number of aromatic nitrogens is 2. The number of ether oxygens (including phenoxy) is 1. The number of benzene rings is 2. The highest BCUT2D eigenvalue weighted by atomic mass is 32.2. The van der Waals surface area contributed by atoms with E-state index < -0.39 is 31.9 Å². The van der Waals surface area contributed by atoms with Crippen LogP contribution in [0.3, 0.4) is 0 Å². The Hall–Kier alpha value is -4.05. The van der Waals surface area contributed by atoms with E-state index in [9.17, 15) is 22.4 Å². The zero-order valence-corrected chi connectivity index (χ0v) is 20.0. The molecular formula is C25H22FN3O5S. The Balaban J connectivity index is 1.79. The van der Waals surface area contributed by atoms with Gasteiger partial charge in [0, 0.05) is 17.6 Å². The maximum Gasteiger partial charge on any atom is 0.244 e. The Labute approximate surface area is 200 Å². The molecule has 8 nitrogen and oxygen atoms in total. The Kier molecular flexibility index (Phi) is 6.40. The van der Waals surface area contributed by atoms with E-state index in [1.807, 2.05) is 0 Å². The van der Waals surface area contributed by atoms with Crippen LogP contribution in [0.25, 0.3) is 11.0 Å². The highest BCUT2D eigenvalue weighted by Crippen LogP contribution is 2.23. The maximum absolute atomic E-state index is 13.9. The van der Waals surface area contributed by atoms with E-state index in [1.54, 1.807) is 26.0 Å². The summed E-state index contributed by atoms with van der Waals surface area (Å²) in [5.41, 5.74) is 0.702. The van der Waals surface area contributed by atoms with Crippen molar-refractivity contribution in [2.75, 3.05) is 12.4 Å². The van der Waals surface area contributed by atoms with Crippen molar-refractivity contribution in [2.24, 2.45) is 0 Å². The van der Waals surface area contributed by atoms with Gasteiger partial charge in [0.15, 0.2) is 0 Å². The predicted octanol–water partition coefficient (Wildman–Crippen LogP) is 3.63. The first-order valence-corrected chi connectivity index (χ1v) is 12.0. The fourth-order valence-electron chi connectivity index (χ4n) is 3.55. The number of amides is 1. The van der Waals surface area contributed by atoms with Crippen LogP contribution in [-0.2, 0) is 21.2 Å². The van der Waals surface area contributed by atoms with Gasteiger partial charge < -0.3 is 14.6 Å². The summed E-state index contributed by atoms with van der Waals surface area (Å²) < 4.78 is 46.9. The molecule has 4 aromatic rings. The second-order valence-electron chi connectivity index (χ2n) is 7.97. The molecule has 10 heteroatoms. The summed E-state index contributed by atoms with van der Waals surface area (Å²) in [4.78, 5) is 29.7. The number of hydrogen-bond donors (Lipinski definition) is 1. The van der Waals surface area contributed by atoms with Gasteiger partial charge in [0.1, 0.15) is 28.7 Å². The average Bonchev–Trinajstić information content (AvgIpc) is 2.83. The molecule has 0 fully saturated rings. The summed E-state index contributed by atoms with van der Waals surface area (Å²) in [6.45, 7) is 2.96. The molecule has 2 aromatic heterocycles. The number of sulfone groups is 1. The van der Waals surface area contributed by atoms with Crippen LogP contribution in [0.15, 0.2) is 75.4 Å². The molecule has 0 aliphatic rings. The Morgan fingerprint density at radius 2 is 1.80 bits per heavy atom. The first-order valence-electron chi connectivity index (χ1n) is 10.6. The van der Waals surface area contributed by atoms with Gasteiger partial charge in [-0.3, -0.25) is 9.59 Å². The van der Waals surface area contributed by atoms with Gasteiger partial charge in [0.05, 0.1) is 17.4 Å². The lowest BCUT2D eigenvalue weighted by atomic mass is 10.2. The first-order chi connectivity index (χ1) is 16.6. The number of carbonyl (C=O) groups is 1. The van der Waals surface area contributed by atoms with Crippen LogP contribution in [-0.4, -0.2) is 31.0 Å². The van der Waals surface area contributed by atoms with E-state index in [-0.39, 0.29) is 28.2 Å². The highest BCUT2D eigenvalue weighted by Gasteiger charge is 2.25. The summed E-state index contributed by atoms with van der Waals surface area (Å²) in [6.07, 6.45) is 1.12. The highest BCUT2D eigenvalue weighted by molar-refractivity contribution is 7.91. The number of fused-ring (bicyclic) bond motifs is 1. The van der Waals surface area contributed by atoms with E-state index in [0.29, 0.717) is 17.0 Å². The lowest BCUT2D eigenvalue weighted by Crippen LogP contribution is -2.24. The minimum atomic E-state index is -4.22. The van der Waals surface area contributed by atoms with Gasteiger partial charge in [-0.05, 0) is 67.9 Å². The number of hydrogen-bond acceptors (Lipinski definition) is 6. The zero-order valence-electron chi connectivity index (χ0n) is 19.2. The van der Waals surface area contributed by atoms with E-state index in [0.717, 1.165) is 6.20 Å². The number of pyridine rings is 2. The van der Waals surface area contributed by atoms with E-state index in [1.165, 1.54) is 54.1 Å². The standard InChI is InChI=1S/C25H22FN3O5S/c1-15-4-6-17(12-21(15)26)28-23(30)14-29-13-22(24(31)20-11-5-16(2)27-25(20)29)35(32,33)19-9-7-18(34-3)8-10-19/h4-13H,14H2,1-3H3,(H,28,30). The Bertz CT molecular complexity index is 1610. The number of rotatable bonds is 6. The van der Waals surface area contributed by atoms with Crippen molar-refractivity contribution in [3.8, 4) is 5.75 Å². The van der Waals surface area contributed by atoms with E-state index in [2.05, 4.69) is 10.3 Å². The van der Waals surface area contributed by atoms with Crippen LogP contribution in [0, 0.1) is 19.7 Å². The van der Waals surface area contributed by atoms with Gasteiger partial charge in [-0.25, -0.2) is 17.8 Å². The molecule has 0 unspecified atom stereocenters. The summed E-state index contributed by atoms with van der Waals surface area (Å²) >= 11 is 0. The number of anilines is 1. The minimum absolute atomic E-state index is 0.0550. The third-order valence-corrected chi connectivity index (χ3v) is 7.22. The van der Waals surface area contributed by atoms with Crippen molar-refractivity contribution in [1.29, 1.82) is 0 Å².